The Hall–Kier alpha value is -1.77. The second-order valence-corrected chi connectivity index (χ2v) is 5.94. The number of amides is 2. The molecule has 23 heavy (non-hydrogen) atoms. The molecule has 1 fully saturated rings. The molecule has 1 aliphatic rings. The molecule has 130 valence electrons. The van der Waals surface area contributed by atoms with Crippen molar-refractivity contribution in [1.82, 2.24) is 19.6 Å². The van der Waals surface area contributed by atoms with Gasteiger partial charge in [-0.1, -0.05) is 0 Å². The van der Waals surface area contributed by atoms with Gasteiger partial charge in [-0.05, 0) is 20.3 Å². The number of carbonyl (C=O) groups excluding carboxylic acids is 1. The lowest BCUT2D eigenvalue weighted by Crippen LogP contribution is -2.40. The lowest BCUT2D eigenvalue weighted by atomic mass is 10.4. The van der Waals surface area contributed by atoms with Gasteiger partial charge in [0.05, 0.1) is 6.54 Å². The van der Waals surface area contributed by atoms with Gasteiger partial charge in [-0.3, -0.25) is 14.9 Å². The molecule has 0 aliphatic carbocycles. The number of anilines is 1. The van der Waals surface area contributed by atoms with Gasteiger partial charge in [-0.2, -0.15) is 18.3 Å². The molecular formula is C14H22F3N5O. The highest BCUT2D eigenvalue weighted by molar-refractivity contribution is 5.88. The average Bonchev–Trinajstić information content (AvgIpc) is 2.77. The first-order valence-corrected chi connectivity index (χ1v) is 7.65. The van der Waals surface area contributed by atoms with Crippen LogP contribution in [0.5, 0.6) is 0 Å². The highest BCUT2D eigenvalue weighted by atomic mass is 19.4. The normalized spacial score (nSPS) is 17.4. The van der Waals surface area contributed by atoms with Gasteiger partial charge >= 0.3 is 12.2 Å². The third-order valence-electron chi connectivity index (χ3n) is 3.65. The number of carbonyl (C=O) groups is 1. The Morgan fingerprint density at radius 2 is 2.04 bits per heavy atom. The maximum absolute atomic E-state index is 12.4. The molecule has 0 unspecified atom stereocenters. The summed E-state index contributed by atoms with van der Waals surface area (Å²) in [6.07, 6.45) is -1.92. The van der Waals surface area contributed by atoms with Gasteiger partial charge in [0.25, 0.3) is 0 Å². The van der Waals surface area contributed by atoms with E-state index in [9.17, 15) is 18.0 Å². The first-order valence-electron chi connectivity index (χ1n) is 7.65. The second kappa shape index (κ2) is 7.20. The third kappa shape index (κ3) is 5.42. The number of hydrogen-bond donors (Lipinski definition) is 1. The van der Waals surface area contributed by atoms with Crippen molar-refractivity contribution in [1.29, 1.82) is 0 Å². The molecule has 1 aromatic heterocycles. The van der Waals surface area contributed by atoms with Gasteiger partial charge in [0.1, 0.15) is 0 Å². The second-order valence-electron chi connectivity index (χ2n) is 5.94. The summed E-state index contributed by atoms with van der Waals surface area (Å²) in [5.41, 5.74) is 0. The predicted molar refractivity (Wildman–Crippen MR) is 80.3 cm³/mol. The fourth-order valence-corrected chi connectivity index (χ4v) is 2.47. The van der Waals surface area contributed by atoms with E-state index in [1.165, 1.54) is 9.80 Å². The van der Waals surface area contributed by atoms with Gasteiger partial charge < -0.3 is 4.90 Å². The minimum atomic E-state index is -4.21. The average molecular weight is 333 g/mol. The zero-order valence-corrected chi connectivity index (χ0v) is 13.3. The summed E-state index contributed by atoms with van der Waals surface area (Å²) in [6.45, 7) is 4.28. The molecule has 1 saturated heterocycles. The standard InChI is InChI=1S/C14H22F3N5O/c1-11(2)22-7-4-12(19-22)18-13(23)21-6-3-5-20(8-9-21)10-14(15,16)17/h4,7,11H,3,5-6,8-10H2,1-2H3,(H,18,19,23). The number of urea groups is 1. The molecule has 0 radical (unpaired) electrons. The molecule has 0 spiro atoms. The maximum Gasteiger partial charge on any atom is 0.401 e. The Bertz CT molecular complexity index is 529. The van der Waals surface area contributed by atoms with Crippen molar-refractivity contribution in [3.8, 4) is 0 Å². The largest absolute Gasteiger partial charge is 0.401 e. The summed E-state index contributed by atoms with van der Waals surface area (Å²) in [7, 11) is 0. The first kappa shape index (κ1) is 17.6. The lowest BCUT2D eigenvalue weighted by Gasteiger charge is -2.22. The van der Waals surface area contributed by atoms with E-state index >= 15 is 0 Å². The monoisotopic (exact) mass is 333 g/mol. The molecule has 0 atom stereocenters. The van der Waals surface area contributed by atoms with Gasteiger partial charge in [0.15, 0.2) is 5.82 Å². The zero-order chi connectivity index (χ0) is 17.0. The number of nitrogens with one attached hydrogen (secondary N) is 1. The number of hydrogen-bond acceptors (Lipinski definition) is 3. The Kier molecular flexibility index (Phi) is 5.51. The molecule has 0 saturated carbocycles. The molecule has 6 nitrogen and oxygen atoms in total. The third-order valence-corrected chi connectivity index (χ3v) is 3.65. The van der Waals surface area contributed by atoms with E-state index in [1.807, 2.05) is 13.8 Å². The van der Waals surface area contributed by atoms with Crippen molar-refractivity contribution in [2.24, 2.45) is 0 Å². The van der Waals surface area contributed by atoms with Gasteiger partial charge in [-0.15, -0.1) is 0 Å². The summed E-state index contributed by atoms with van der Waals surface area (Å²) in [5.74, 6) is 0.445. The highest BCUT2D eigenvalue weighted by Gasteiger charge is 2.31. The summed E-state index contributed by atoms with van der Waals surface area (Å²) in [4.78, 5) is 15.1. The smallest absolute Gasteiger partial charge is 0.323 e. The topological polar surface area (TPSA) is 53.4 Å². The fourth-order valence-electron chi connectivity index (χ4n) is 2.47. The molecule has 1 N–H and O–H groups in total. The van der Waals surface area contributed by atoms with E-state index < -0.39 is 12.7 Å². The van der Waals surface area contributed by atoms with Crippen molar-refractivity contribution in [2.45, 2.75) is 32.5 Å². The summed E-state index contributed by atoms with van der Waals surface area (Å²) < 4.78 is 39.0. The number of nitrogens with zero attached hydrogens (tertiary/aromatic N) is 4. The molecule has 1 aliphatic heterocycles. The van der Waals surface area contributed by atoms with E-state index in [-0.39, 0.29) is 25.2 Å². The molecule has 0 aromatic carbocycles. The Morgan fingerprint density at radius 3 is 2.65 bits per heavy atom. The van der Waals surface area contributed by atoms with Crippen LogP contribution in [-0.2, 0) is 0 Å². The van der Waals surface area contributed by atoms with Crippen molar-refractivity contribution >= 4 is 11.8 Å². The number of aromatic nitrogens is 2. The van der Waals surface area contributed by atoms with Crippen LogP contribution in [0.2, 0.25) is 0 Å². The minimum Gasteiger partial charge on any atom is -0.323 e. The molecule has 9 heteroatoms. The van der Waals surface area contributed by atoms with E-state index in [0.717, 1.165) is 0 Å². The van der Waals surface area contributed by atoms with Gasteiger partial charge in [-0.25, -0.2) is 4.79 Å². The van der Waals surface area contributed by atoms with E-state index in [2.05, 4.69) is 10.4 Å². The summed E-state index contributed by atoms with van der Waals surface area (Å²) in [6, 6.07) is 1.56. The van der Waals surface area contributed by atoms with Crippen LogP contribution >= 0.6 is 0 Å². The maximum atomic E-state index is 12.4. The number of alkyl halides is 3. The lowest BCUT2D eigenvalue weighted by molar-refractivity contribution is -0.145. The number of rotatable bonds is 3. The van der Waals surface area contributed by atoms with Crippen molar-refractivity contribution < 1.29 is 18.0 Å². The molecular weight excluding hydrogens is 311 g/mol. The predicted octanol–water partition coefficient (Wildman–Crippen LogP) is 2.57. The van der Waals surface area contributed by atoms with E-state index in [1.54, 1.807) is 16.9 Å². The van der Waals surface area contributed by atoms with E-state index in [0.29, 0.717) is 25.3 Å². The molecule has 2 rings (SSSR count). The van der Waals surface area contributed by atoms with Crippen molar-refractivity contribution in [3.05, 3.63) is 12.3 Å². The summed E-state index contributed by atoms with van der Waals surface area (Å²) >= 11 is 0. The molecule has 2 amide bonds. The van der Waals surface area contributed by atoms with Crippen LogP contribution in [-0.4, -0.2) is 64.5 Å². The number of halogens is 3. The van der Waals surface area contributed by atoms with Crippen LogP contribution in [0.4, 0.5) is 23.8 Å². The Morgan fingerprint density at radius 1 is 1.30 bits per heavy atom. The minimum absolute atomic E-state index is 0.190. The van der Waals surface area contributed by atoms with Crippen LogP contribution < -0.4 is 5.32 Å². The SMILES string of the molecule is CC(C)n1ccc(NC(=O)N2CCCN(CC(F)(F)F)CC2)n1. The fraction of sp³-hybridized carbons (Fsp3) is 0.714. The quantitative estimate of drug-likeness (QED) is 0.925. The van der Waals surface area contributed by atoms with Crippen LogP contribution in [0, 0.1) is 0 Å². The highest BCUT2D eigenvalue weighted by Crippen LogP contribution is 2.18. The van der Waals surface area contributed by atoms with Crippen LogP contribution in [0.25, 0.3) is 0 Å². The van der Waals surface area contributed by atoms with Crippen LogP contribution in [0.1, 0.15) is 26.3 Å². The first-order chi connectivity index (χ1) is 10.7. The Labute approximate surface area is 133 Å². The van der Waals surface area contributed by atoms with Gasteiger partial charge in [0.2, 0.25) is 0 Å². The summed E-state index contributed by atoms with van der Waals surface area (Å²) in [5, 5.41) is 6.92. The molecule has 2 heterocycles. The van der Waals surface area contributed by atoms with Crippen molar-refractivity contribution in [2.75, 3.05) is 38.0 Å². The van der Waals surface area contributed by atoms with Gasteiger partial charge in [0, 0.05) is 44.5 Å². The zero-order valence-electron chi connectivity index (χ0n) is 13.3. The molecule has 0 bridgehead atoms. The molecule has 1 aromatic rings. The van der Waals surface area contributed by atoms with Crippen LogP contribution in [0.3, 0.4) is 0 Å². The van der Waals surface area contributed by atoms with Crippen molar-refractivity contribution in [3.63, 3.8) is 0 Å². The van der Waals surface area contributed by atoms with Crippen LogP contribution in [0.15, 0.2) is 12.3 Å². The van der Waals surface area contributed by atoms with E-state index in [4.69, 9.17) is 0 Å². The Balaban J connectivity index is 1.87.